The maximum atomic E-state index is 12.8. The van der Waals surface area contributed by atoms with E-state index in [1.165, 1.54) is 12.0 Å². The highest BCUT2D eigenvalue weighted by Crippen LogP contribution is 2.39. The minimum Gasteiger partial charge on any atom is -0.495 e. The zero-order valence-electron chi connectivity index (χ0n) is 18.4. The van der Waals surface area contributed by atoms with Gasteiger partial charge < -0.3 is 19.8 Å². The van der Waals surface area contributed by atoms with E-state index in [4.69, 9.17) is 21.1 Å². The van der Waals surface area contributed by atoms with Gasteiger partial charge in [0.1, 0.15) is 18.2 Å². The number of aryl methyl sites for hydroxylation is 1. The number of amides is 1. The van der Waals surface area contributed by atoms with Gasteiger partial charge in [-0.2, -0.15) is 15.0 Å². The fourth-order valence-electron chi connectivity index (χ4n) is 4.11. The number of nitrogens with one attached hydrogen (secondary N) is 2. The van der Waals surface area contributed by atoms with E-state index in [9.17, 15) is 9.59 Å². The summed E-state index contributed by atoms with van der Waals surface area (Å²) in [6.07, 6.45) is 1.67. The Labute approximate surface area is 194 Å². The highest BCUT2D eigenvalue weighted by molar-refractivity contribution is 6.32. The summed E-state index contributed by atoms with van der Waals surface area (Å²) < 4.78 is 10.5. The molecule has 33 heavy (non-hydrogen) atoms. The number of cyclic esters (lactones) is 1. The van der Waals surface area contributed by atoms with Gasteiger partial charge >= 0.3 is 6.09 Å². The summed E-state index contributed by atoms with van der Waals surface area (Å²) in [5.74, 6) is 1.87. The van der Waals surface area contributed by atoms with Crippen molar-refractivity contribution in [3.8, 4) is 5.75 Å². The number of H-pyrrole nitrogens is 1. The molecule has 2 N–H and O–H groups in total. The lowest BCUT2D eigenvalue weighted by Gasteiger charge is -2.20. The van der Waals surface area contributed by atoms with Crippen LogP contribution in [0, 0.1) is 12.8 Å². The number of carbonyl (C=O) groups is 1. The number of fused-ring (bicyclic) bond motifs is 1. The van der Waals surface area contributed by atoms with E-state index in [1.807, 2.05) is 6.92 Å². The average Bonchev–Trinajstić information content (AvgIpc) is 3.54. The molecule has 10 nitrogen and oxygen atoms in total. The largest absolute Gasteiger partial charge is 0.495 e. The van der Waals surface area contributed by atoms with Gasteiger partial charge in [-0.15, -0.1) is 0 Å². The van der Waals surface area contributed by atoms with Gasteiger partial charge in [-0.3, -0.25) is 4.79 Å². The van der Waals surface area contributed by atoms with E-state index < -0.39 is 12.1 Å². The lowest BCUT2D eigenvalue weighted by molar-refractivity contribution is 0.178. The highest BCUT2D eigenvalue weighted by Gasteiger charge is 2.45. The number of pyridine rings is 1. The number of hydrogen-bond acceptors (Lipinski definition) is 8. The number of methoxy groups -OCH3 is 1. The summed E-state index contributed by atoms with van der Waals surface area (Å²) in [6.45, 7) is 3.90. The van der Waals surface area contributed by atoms with Crippen LogP contribution in [0.25, 0.3) is 10.9 Å². The van der Waals surface area contributed by atoms with Crippen LogP contribution < -0.4 is 20.5 Å². The first-order chi connectivity index (χ1) is 15.8. The van der Waals surface area contributed by atoms with Gasteiger partial charge in [0.15, 0.2) is 0 Å². The van der Waals surface area contributed by atoms with E-state index in [-0.39, 0.29) is 23.5 Å². The number of benzene rings is 1. The van der Waals surface area contributed by atoms with Gasteiger partial charge in [0.05, 0.1) is 29.7 Å². The summed E-state index contributed by atoms with van der Waals surface area (Å²) in [5, 5.41) is 4.38. The van der Waals surface area contributed by atoms with Crippen molar-refractivity contribution in [3.05, 3.63) is 45.0 Å². The van der Waals surface area contributed by atoms with Crippen LogP contribution in [0.15, 0.2) is 23.0 Å². The number of halogens is 1. The lowest BCUT2D eigenvalue weighted by Crippen LogP contribution is -2.36. The first-order valence-corrected chi connectivity index (χ1v) is 11.1. The van der Waals surface area contributed by atoms with Crippen LogP contribution in [0.2, 0.25) is 5.02 Å². The molecule has 3 heterocycles. The van der Waals surface area contributed by atoms with Gasteiger partial charge in [-0.1, -0.05) is 11.6 Å². The summed E-state index contributed by atoms with van der Waals surface area (Å²) in [5.41, 5.74) is 0.851. The van der Waals surface area contributed by atoms with Crippen LogP contribution in [0.5, 0.6) is 5.75 Å². The molecule has 1 amide bonds. The maximum absolute atomic E-state index is 12.8. The van der Waals surface area contributed by atoms with Crippen LogP contribution in [0.3, 0.4) is 0 Å². The summed E-state index contributed by atoms with van der Waals surface area (Å²) in [7, 11) is 1.52. The number of ether oxygens (including phenoxy) is 2. The fraction of sp³-hybridized carbons (Fsp3) is 0.409. The van der Waals surface area contributed by atoms with Crippen LogP contribution >= 0.6 is 11.6 Å². The minimum atomic E-state index is -0.449. The van der Waals surface area contributed by atoms with E-state index in [0.29, 0.717) is 40.2 Å². The van der Waals surface area contributed by atoms with Crippen molar-refractivity contribution < 1.29 is 14.3 Å². The average molecular weight is 471 g/mol. The Morgan fingerprint density at radius 3 is 2.76 bits per heavy atom. The van der Waals surface area contributed by atoms with Gasteiger partial charge in [-0.25, -0.2) is 9.69 Å². The minimum absolute atomic E-state index is 0.0605. The molecule has 2 aliphatic rings. The zero-order valence-corrected chi connectivity index (χ0v) is 19.1. The topological polar surface area (TPSA) is 122 Å². The van der Waals surface area contributed by atoms with Crippen molar-refractivity contribution in [1.82, 2.24) is 19.9 Å². The van der Waals surface area contributed by atoms with E-state index >= 15 is 0 Å². The van der Waals surface area contributed by atoms with Crippen molar-refractivity contribution in [2.45, 2.75) is 38.8 Å². The molecule has 11 heteroatoms. The smallest absolute Gasteiger partial charge is 0.417 e. The number of aromatic amines is 1. The van der Waals surface area contributed by atoms with Crippen molar-refractivity contribution >= 4 is 40.5 Å². The third kappa shape index (κ3) is 4.06. The molecule has 1 aromatic carbocycles. The molecule has 172 valence electrons. The second-order valence-corrected chi connectivity index (χ2v) is 8.76. The quantitative estimate of drug-likeness (QED) is 0.560. The predicted molar refractivity (Wildman–Crippen MR) is 123 cm³/mol. The standard InChI is InChI=1S/C22H23ClN6O4/c1-10(14-6-13-7-15(23)18(32-3)8-16(13)27-19(14)30)24-20-25-11(2)26-21(28-20)29-17(12-4-5-12)9-33-22(29)31/h6-8,10,12,17H,4-5,9H2,1-3H3,(H,27,30)(H,24,25,26,28)/t10-,17?/m0/s1. The molecule has 0 bridgehead atoms. The Kier molecular flexibility index (Phi) is 5.32. The Morgan fingerprint density at radius 2 is 2.03 bits per heavy atom. The first-order valence-electron chi connectivity index (χ1n) is 10.7. The van der Waals surface area contributed by atoms with Crippen LogP contribution in [0.1, 0.15) is 37.2 Å². The second kappa shape index (κ2) is 8.18. The third-order valence-electron chi connectivity index (χ3n) is 5.98. The maximum Gasteiger partial charge on any atom is 0.417 e. The van der Waals surface area contributed by atoms with E-state index in [1.54, 1.807) is 25.1 Å². The third-order valence-corrected chi connectivity index (χ3v) is 6.28. The van der Waals surface area contributed by atoms with Crippen molar-refractivity contribution in [2.24, 2.45) is 5.92 Å². The van der Waals surface area contributed by atoms with Crippen LogP contribution in [-0.2, 0) is 4.74 Å². The Bertz CT molecular complexity index is 1310. The number of aromatic nitrogens is 4. The fourth-order valence-corrected chi connectivity index (χ4v) is 4.36. The number of anilines is 2. The molecule has 1 saturated carbocycles. The number of carbonyl (C=O) groups excluding carboxylic acids is 1. The molecule has 5 rings (SSSR count). The Hall–Kier alpha value is -3.40. The van der Waals surface area contributed by atoms with Gasteiger partial charge in [-0.05, 0) is 44.7 Å². The molecule has 1 aliphatic carbocycles. The summed E-state index contributed by atoms with van der Waals surface area (Å²) in [4.78, 5) is 42.7. The lowest BCUT2D eigenvalue weighted by atomic mass is 10.1. The van der Waals surface area contributed by atoms with Crippen molar-refractivity contribution in [1.29, 1.82) is 0 Å². The van der Waals surface area contributed by atoms with Crippen LogP contribution in [0.4, 0.5) is 16.7 Å². The predicted octanol–water partition coefficient (Wildman–Crippen LogP) is 3.59. The first kappa shape index (κ1) is 21.4. The zero-order chi connectivity index (χ0) is 23.3. The van der Waals surface area contributed by atoms with Gasteiger partial charge in [0.2, 0.25) is 11.9 Å². The number of nitrogens with zero attached hydrogens (tertiary/aromatic N) is 4. The molecule has 2 aromatic heterocycles. The molecule has 2 atom stereocenters. The summed E-state index contributed by atoms with van der Waals surface area (Å²) >= 11 is 6.25. The number of hydrogen-bond donors (Lipinski definition) is 2. The molecule has 0 radical (unpaired) electrons. The molecule has 1 unspecified atom stereocenters. The van der Waals surface area contributed by atoms with Gasteiger partial charge in [0.25, 0.3) is 5.56 Å². The van der Waals surface area contributed by atoms with Crippen LogP contribution in [-0.4, -0.2) is 45.8 Å². The normalized spacial score (nSPS) is 19.0. The SMILES string of the molecule is COc1cc2[nH]c(=O)c([C@H](C)Nc3nc(C)nc(N4C(=O)OCC4C4CC4)n3)cc2cc1Cl. The summed E-state index contributed by atoms with van der Waals surface area (Å²) in [6, 6.07) is 4.71. The molecular formula is C22H23ClN6O4. The van der Waals surface area contributed by atoms with Gasteiger partial charge in [0, 0.05) is 17.0 Å². The van der Waals surface area contributed by atoms with Crippen molar-refractivity contribution in [3.63, 3.8) is 0 Å². The van der Waals surface area contributed by atoms with E-state index in [0.717, 1.165) is 18.2 Å². The molecule has 2 fully saturated rings. The number of rotatable bonds is 6. The molecule has 3 aromatic rings. The monoisotopic (exact) mass is 470 g/mol. The van der Waals surface area contributed by atoms with E-state index in [2.05, 4.69) is 25.3 Å². The Balaban J connectivity index is 1.44. The highest BCUT2D eigenvalue weighted by atomic mass is 35.5. The molecule has 0 spiro atoms. The van der Waals surface area contributed by atoms with Crippen molar-refractivity contribution in [2.75, 3.05) is 23.9 Å². The molecule has 1 saturated heterocycles. The second-order valence-electron chi connectivity index (χ2n) is 8.35. The Morgan fingerprint density at radius 1 is 1.24 bits per heavy atom. The molecular weight excluding hydrogens is 448 g/mol. The molecule has 1 aliphatic heterocycles.